The van der Waals surface area contributed by atoms with Crippen molar-refractivity contribution >= 4 is 5.97 Å². The lowest BCUT2D eigenvalue weighted by molar-refractivity contribution is -0.144. The highest BCUT2D eigenvalue weighted by atomic mass is 16.5. The summed E-state index contributed by atoms with van der Waals surface area (Å²) in [5, 5.41) is 0. The third kappa shape index (κ3) is 2.38. The van der Waals surface area contributed by atoms with E-state index in [4.69, 9.17) is 4.74 Å². The lowest BCUT2D eigenvalue weighted by Crippen LogP contribution is -2.12. The van der Waals surface area contributed by atoms with Crippen LogP contribution in [0.15, 0.2) is 0 Å². The second-order valence-electron chi connectivity index (χ2n) is 3.01. The standard InChI is InChI=1S/C8H14O2/c1-7-3-2-6-10-8(9)5-4-7/h7H,2-6H2,1H3/t7-/m0/s1. The van der Waals surface area contributed by atoms with Crippen LogP contribution in [0, 0.1) is 5.92 Å². The first-order chi connectivity index (χ1) is 4.79. The Labute approximate surface area is 61.6 Å². The molecule has 2 heteroatoms. The zero-order valence-corrected chi connectivity index (χ0v) is 6.43. The zero-order valence-electron chi connectivity index (χ0n) is 6.43. The Balaban J connectivity index is 2.29. The molecule has 1 aliphatic rings. The van der Waals surface area contributed by atoms with Gasteiger partial charge in [-0.2, -0.15) is 0 Å². The Bertz CT molecular complexity index is 120. The van der Waals surface area contributed by atoms with Gasteiger partial charge in [-0.05, 0) is 25.2 Å². The molecule has 1 aliphatic heterocycles. The molecule has 0 amide bonds. The number of hydrogen-bond acceptors (Lipinski definition) is 2. The van der Waals surface area contributed by atoms with Gasteiger partial charge in [-0.1, -0.05) is 6.92 Å². The number of esters is 1. The van der Waals surface area contributed by atoms with E-state index in [1.165, 1.54) is 6.42 Å². The number of rotatable bonds is 0. The summed E-state index contributed by atoms with van der Waals surface area (Å²) in [7, 11) is 0. The molecule has 1 heterocycles. The van der Waals surface area contributed by atoms with Crippen molar-refractivity contribution in [3.05, 3.63) is 0 Å². The number of carbonyl (C=O) groups excluding carboxylic acids is 1. The van der Waals surface area contributed by atoms with Crippen LogP contribution in [0.5, 0.6) is 0 Å². The van der Waals surface area contributed by atoms with Gasteiger partial charge in [0.05, 0.1) is 6.61 Å². The molecule has 0 bridgehead atoms. The van der Waals surface area contributed by atoms with Crippen molar-refractivity contribution in [3.8, 4) is 0 Å². The van der Waals surface area contributed by atoms with E-state index >= 15 is 0 Å². The van der Waals surface area contributed by atoms with Gasteiger partial charge in [-0.25, -0.2) is 0 Å². The van der Waals surface area contributed by atoms with Crippen LogP contribution in [0.2, 0.25) is 0 Å². The van der Waals surface area contributed by atoms with Gasteiger partial charge >= 0.3 is 5.97 Å². The third-order valence-electron chi connectivity index (χ3n) is 1.95. The van der Waals surface area contributed by atoms with Gasteiger partial charge in [-0.3, -0.25) is 4.79 Å². The molecule has 0 aromatic heterocycles. The number of cyclic esters (lactones) is 1. The molecular weight excluding hydrogens is 128 g/mol. The molecule has 1 saturated heterocycles. The summed E-state index contributed by atoms with van der Waals surface area (Å²) in [6, 6.07) is 0. The first kappa shape index (κ1) is 7.58. The van der Waals surface area contributed by atoms with Crippen LogP contribution in [0.25, 0.3) is 0 Å². The number of carbonyl (C=O) groups is 1. The van der Waals surface area contributed by atoms with Crippen molar-refractivity contribution in [2.45, 2.75) is 32.6 Å². The van der Waals surface area contributed by atoms with Gasteiger partial charge in [0, 0.05) is 6.42 Å². The summed E-state index contributed by atoms with van der Waals surface area (Å²) in [6.07, 6.45) is 3.85. The molecule has 0 aliphatic carbocycles. The fraction of sp³-hybridized carbons (Fsp3) is 0.875. The summed E-state index contributed by atoms with van der Waals surface area (Å²) in [4.78, 5) is 10.8. The zero-order chi connectivity index (χ0) is 7.40. The summed E-state index contributed by atoms with van der Waals surface area (Å²) in [5.74, 6) is 0.680. The molecule has 0 aromatic carbocycles. The van der Waals surface area contributed by atoms with E-state index in [1.54, 1.807) is 0 Å². The van der Waals surface area contributed by atoms with E-state index in [9.17, 15) is 4.79 Å². The van der Waals surface area contributed by atoms with E-state index in [1.807, 2.05) is 0 Å². The minimum absolute atomic E-state index is 0.0217. The second kappa shape index (κ2) is 3.59. The highest BCUT2D eigenvalue weighted by molar-refractivity contribution is 5.69. The second-order valence-corrected chi connectivity index (χ2v) is 3.01. The summed E-state index contributed by atoms with van der Waals surface area (Å²) in [6.45, 7) is 2.82. The van der Waals surface area contributed by atoms with Crippen molar-refractivity contribution in [1.82, 2.24) is 0 Å². The molecule has 0 N–H and O–H groups in total. The molecule has 1 atom stereocenters. The molecule has 0 spiro atoms. The van der Waals surface area contributed by atoms with E-state index in [0.717, 1.165) is 12.8 Å². The molecule has 0 radical (unpaired) electrons. The largest absolute Gasteiger partial charge is 0.466 e. The van der Waals surface area contributed by atoms with E-state index in [0.29, 0.717) is 18.9 Å². The van der Waals surface area contributed by atoms with Gasteiger partial charge in [-0.15, -0.1) is 0 Å². The van der Waals surface area contributed by atoms with Gasteiger partial charge in [0.1, 0.15) is 0 Å². The third-order valence-corrected chi connectivity index (χ3v) is 1.95. The van der Waals surface area contributed by atoms with Crippen LogP contribution in [0.1, 0.15) is 32.6 Å². The normalized spacial score (nSPS) is 28.5. The van der Waals surface area contributed by atoms with Crippen LogP contribution < -0.4 is 0 Å². The predicted octanol–water partition coefficient (Wildman–Crippen LogP) is 1.74. The number of hydrogen-bond donors (Lipinski definition) is 0. The molecule has 0 aromatic rings. The lowest BCUT2D eigenvalue weighted by Gasteiger charge is -2.14. The van der Waals surface area contributed by atoms with Gasteiger partial charge in [0.2, 0.25) is 0 Å². The van der Waals surface area contributed by atoms with Crippen LogP contribution in [0.3, 0.4) is 0 Å². The predicted molar refractivity (Wildman–Crippen MR) is 38.6 cm³/mol. The van der Waals surface area contributed by atoms with E-state index in [2.05, 4.69) is 6.92 Å². The van der Waals surface area contributed by atoms with Crippen LogP contribution in [-0.4, -0.2) is 12.6 Å². The maximum absolute atomic E-state index is 10.8. The highest BCUT2D eigenvalue weighted by Crippen LogP contribution is 2.15. The fourth-order valence-electron chi connectivity index (χ4n) is 1.20. The van der Waals surface area contributed by atoms with Gasteiger partial charge in [0.15, 0.2) is 0 Å². The molecule has 1 rings (SSSR count). The maximum atomic E-state index is 10.8. The summed E-state index contributed by atoms with van der Waals surface area (Å²) in [5.41, 5.74) is 0. The quantitative estimate of drug-likeness (QED) is 0.481. The fourth-order valence-corrected chi connectivity index (χ4v) is 1.20. The van der Waals surface area contributed by atoms with Gasteiger partial charge < -0.3 is 4.74 Å². The van der Waals surface area contributed by atoms with Crippen molar-refractivity contribution in [1.29, 1.82) is 0 Å². The Morgan fingerprint density at radius 1 is 1.50 bits per heavy atom. The molecule has 10 heavy (non-hydrogen) atoms. The average Bonchev–Trinajstić information content (AvgIpc) is 1.90. The lowest BCUT2D eigenvalue weighted by atomic mass is 9.99. The first-order valence-electron chi connectivity index (χ1n) is 3.94. The minimum Gasteiger partial charge on any atom is -0.466 e. The molecule has 2 nitrogen and oxygen atoms in total. The molecule has 0 saturated carbocycles. The SMILES string of the molecule is C[C@H]1CCCOC(=O)CC1. The minimum atomic E-state index is -0.0217. The number of ether oxygens (including phenoxy) is 1. The topological polar surface area (TPSA) is 26.3 Å². The Morgan fingerprint density at radius 2 is 2.30 bits per heavy atom. The van der Waals surface area contributed by atoms with Crippen molar-refractivity contribution in [2.24, 2.45) is 5.92 Å². The molecule has 1 fully saturated rings. The molecular formula is C8H14O2. The summed E-state index contributed by atoms with van der Waals surface area (Å²) >= 11 is 0. The average molecular weight is 142 g/mol. The first-order valence-corrected chi connectivity index (χ1v) is 3.94. The Hall–Kier alpha value is -0.530. The van der Waals surface area contributed by atoms with Crippen molar-refractivity contribution < 1.29 is 9.53 Å². The summed E-state index contributed by atoms with van der Waals surface area (Å²) < 4.78 is 4.89. The van der Waals surface area contributed by atoms with Gasteiger partial charge in [0.25, 0.3) is 0 Å². The Kier molecular flexibility index (Phi) is 2.72. The van der Waals surface area contributed by atoms with Crippen LogP contribution in [-0.2, 0) is 9.53 Å². The van der Waals surface area contributed by atoms with Crippen molar-refractivity contribution in [3.63, 3.8) is 0 Å². The Morgan fingerprint density at radius 3 is 3.10 bits per heavy atom. The molecule has 0 unspecified atom stereocenters. The molecule has 58 valence electrons. The smallest absolute Gasteiger partial charge is 0.305 e. The highest BCUT2D eigenvalue weighted by Gasteiger charge is 2.10. The van der Waals surface area contributed by atoms with E-state index in [-0.39, 0.29) is 5.97 Å². The van der Waals surface area contributed by atoms with Crippen LogP contribution in [0.4, 0.5) is 0 Å². The monoisotopic (exact) mass is 142 g/mol. The van der Waals surface area contributed by atoms with Crippen LogP contribution >= 0.6 is 0 Å². The van der Waals surface area contributed by atoms with E-state index < -0.39 is 0 Å². The maximum Gasteiger partial charge on any atom is 0.305 e. The van der Waals surface area contributed by atoms with Crippen molar-refractivity contribution in [2.75, 3.05) is 6.61 Å².